The summed E-state index contributed by atoms with van der Waals surface area (Å²) in [6.45, 7) is 8.91. The molecule has 140 valence electrons. The van der Waals surface area contributed by atoms with Gasteiger partial charge in [-0.15, -0.1) is 0 Å². The number of carbonyl (C=O) groups is 3. The van der Waals surface area contributed by atoms with Crippen molar-refractivity contribution < 1.29 is 23.9 Å². The van der Waals surface area contributed by atoms with Gasteiger partial charge in [-0.05, 0) is 65.2 Å². The number of nitrogens with zero attached hydrogens (tertiary/aromatic N) is 1. The zero-order valence-corrected chi connectivity index (χ0v) is 15.7. The molecule has 0 unspecified atom stereocenters. The number of likely N-dealkylation sites (tertiary alicyclic amines) is 1. The van der Waals surface area contributed by atoms with Crippen LogP contribution in [0.5, 0.6) is 0 Å². The second kappa shape index (κ2) is 10.1. The fraction of sp³-hybridized carbons (Fsp3) is 0.737. The molecule has 1 aliphatic heterocycles. The van der Waals surface area contributed by atoms with E-state index < -0.39 is 11.6 Å². The van der Waals surface area contributed by atoms with E-state index in [-0.39, 0.29) is 18.5 Å². The topological polar surface area (TPSA) is 72.9 Å². The van der Waals surface area contributed by atoms with Crippen molar-refractivity contribution in [2.24, 2.45) is 5.92 Å². The van der Waals surface area contributed by atoms with E-state index in [1.165, 1.54) is 0 Å². The molecular formula is C19H29NO5. The van der Waals surface area contributed by atoms with Gasteiger partial charge in [-0.2, -0.15) is 0 Å². The number of rotatable bonds is 5. The lowest BCUT2D eigenvalue weighted by Gasteiger charge is -2.33. The van der Waals surface area contributed by atoms with Crippen LogP contribution in [0.25, 0.3) is 0 Å². The molecule has 0 spiro atoms. The van der Waals surface area contributed by atoms with Gasteiger partial charge in [-0.3, -0.25) is 4.79 Å². The van der Waals surface area contributed by atoms with Crippen molar-refractivity contribution in [3.63, 3.8) is 0 Å². The first kappa shape index (κ1) is 21.0. The fourth-order valence-corrected chi connectivity index (χ4v) is 2.63. The van der Waals surface area contributed by atoms with Crippen LogP contribution < -0.4 is 0 Å². The maximum absolute atomic E-state index is 12.0. The van der Waals surface area contributed by atoms with Crippen LogP contribution in [0.2, 0.25) is 0 Å². The van der Waals surface area contributed by atoms with Crippen LogP contribution >= 0.6 is 0 Å². The van der Waals surface area contributed by atoms with Crippen molar-refractivity contribution >= 4 is 17.8 Å². The predicted octanol–water partition coefficient (Wildman–Crippen LogP) is 2.94. The third-order valence-corrected chi connectivity index (χ3v) is 3.86. The highest BCUT2D eigenvalue weighted by Gasteiger charge is 2.26. The van der Waals surface area contributed by atoms with Crippen LogP contribution in [-0.2, 0) is 19.1 Å². The predicted molar refractivity (Wildman–Crippen MR) is 93.8 cm³/mol. The van der Waals surface area contributed by atoms with Gasteiger partial charge in [0, 0.05) is 25.4 Å². The molecule has 6 heteroatoms. The summed E-state index contributed by atoms with van der Waals surface area (Å²) in [6.07, 6.45) is 3.60. The Morgan fingerprint density at radius 3 is 2.32 bits per heavy atom. The lowest BCUT2D eigenvalue weighted by molar-refractivity contribution is -0.136. The lowest BCUT2D eigenvalue weighted by Crippen LogP contribution is -2.41. The molecule has 0 aromatic carbocycles. The molecule has 25 heavy (non-hydrogen) atoms. The van der Waals surface area contributed by atoms with Crippen molar-refractivity contribution in [3.05, 3.63) is 0 Å². The molecule has 1 saturated heterocycles. The van der Waals surface area contributed by atoms with Crippen molar-refractivity contribution in [2.45, 2.75) is 65.4 Å². The Labute approximate surface area is 150 Å². The van der Waals surface area contributed by atoms with Gasteiger partial charge in [0.05, 0.1) is 6.61 Å². The van der Waals surface area contributed by atoms with Gasteiger partial charge in [0.2, 0.25) is 5.78 Å². The Morgan fingerprint density at radius 2 is 1.76 bits per heavy atom. The number of esters is 1. The average Bonchev–Trinajstić information content (AvgIpc) is 2.52. The van der Waals surface area contributed by atoms with Crippen LogP contribution in [0.1, 0.15) is 59.8 Å². The summed E-state index contributed by atoms with van der Waals surface area (Å²) < 4.78 is 10.0. The second-order valence-corrected chi connectivity index (χ2v) is 7.20. The summed E-state index contributed by atoms with van der Waals surface area (Å²) in [5, 5.41) is 0. The van der Waals surface area contributed by atoms with E-state index in [2.05, 4.69) is 16.6 Å². The summed E-state index contributed by atoms with van der Waals surface area (Å²) in [6, 6.07) is 0. The fourth-order valence-electron chi connectivity index (χ4n) is 2.63. The van der Waals surface area contributed by atoms with E-state index in [0.717, 1.165) is 25.7 Å². The normalized spacial score (nSPS) is 15.1. The third-order valence-electron chi connectivity index (χ3n) is 3.86. The number of hydrogen-bond acceptors (Lipinski definition) is 5. The van der Waals surface area contributed by atoms with Crippen molar-refractivity contribution in [1.82, 2.24) is 4.90 Å². The third kappa shape index (κ3) is 9.13. The Balaban J connectivity index is 2.23. The molecule has 6 nitrogen and oxygen atoms in total. The van der Waals surface area contributed by atoms with Gasteiger partial charge < -0.3 is 14.4 Å². The number of ether oxygens (including phenoxy) is 2. The lowest BCUT2D eigenvalue weighted by atomic mass is 9.91. The first-order valence-corrected chi connectivity index (χ1v) is 8.90. The van der Waals surface area contributed by atoms with Gasteiger partial charge in [-0.1, -0.05) is 0 Å². The monoisotopic (exact) mass is 351 g/mol. The highest BCUT2D eigenvalue weighted by Crippen LogP contribution is 2.23. The molecule has 1 fully saturated rings. The second-order valence-electron chi connectivity index (χ2n) is 7.20. The molecule has 0 saturated carbocycles. The van der Waals surface area contributed by atoms with E-state index in [4.69, 9.17) is 4.74 Å². The van der Waals surface area contributed by atoms with Crippen LogP contribution in [-0.4, -0.2) is 48.0 Å². The van der Waals surface area contributed by atoms with E-state index in [1.807, 2.05) is 20.8 Å². The average molecular weight is 351 g/mol. The van der Waals surface area contributed by atoms with Gasteiger partial charge in [0.25, 0.3) is 0 Å². The highest BCUT2D eigenvalue weighted by atomic mass is 16.6. The molecular weight excluding hydrogens is 322 g/mol. The number of amides is 1. The zero-order valence-electron chi connectivity index (χ0n) is 15.7. The summed E-state index contributed by atoms with van der Waals surface area (Å²) in [4.78, 5) is 36.4. The maximum atomic E-state index is 12.0. The Kier molecular flexibility index (Phi) is 8.47. The van der Waals surface area contributed by atoms with E-state index in [0.29, 0.717) is 25.4 Å². The standard InChI is InChI=1S/C19H29NO5/c1-5-24-17(22)10-9-16(21)8-6-7-15-11-13-20(14-12-15)18(23)25-19(2,3)4/h15H,5-8,11-14H2,1-4H3. The first-order chi connectivity index (χ1) is 11.7. The number of hydrogen-bond donors (Lipinski definition) is 0. The molecule has 0 N–H and O–H groups in total. The highest BCUT2D eigenvalue weighted by molar-refractivity contribution is 6.01. The summed E-state index contributed by atoms with van der Waals surface area (Å²) >= 11 is 0. The molecule has 0 radical (unpaired) electrons. The van der Waals surface area contributed by atoms with Crippen LogP contribution in [0, 0.1) is 17.8 Å². The molecule has 1 aliphatic rings. The largest absolute Gasteiger partial charge is 0.456 e. The minimum atomic E-state index is -0.662. The van der Waals surface area contributed by atoms with E-state index in [1.54, 1.807) is 11.8 Å². The minimum Gasteiger partial charge on any atom is -0.456 e. The Morgan fingerprint density at radius 1 is 1.12 bits per heavy atom. The molecule has 1 rings (SSSR count). The summed E-state index contributed by atoms with van der Waals surface area (Å²) in [7, 11) is 0. The molecule has 0 bridgehead atoms. The number of ketones is 1. The van der Waals surface area contributed by atoms with Gasteiger partial charge in [0.1, 0.15) is 5.60 Å². The minimum absolute atomic E-state index is 0.237. The Hall–Kier alpha value is -2.03. The van der Waals surface area contributed by atoms with Gasteiger partial charge in [-0.25, -0.2) is 9.59 Å². The number of carbonyl (C=O) groups excluding carboxylic acids is 3. The summed E-state index contributed by atoms with van der Waals surface area (Å²) in [5.74, 6) is 4.11. The van der Waals surface area contributed by atoms with Crippen molar-refractivity contribution in [2.75, 3.05) is 19.7 Å². The Bertz CT molecular complexity index is 530. The van der Waals surface area contributed by atoms with Gasteiger partial charge in [0.15, 0.2) is 0 Å². The van der Waals surface area contributed by atoms with E-state index >= 15 is 0 Å². The van der Waals surface area contributed by atoms with Crippen molar-refractivity contribution in [1.29, 1.82) is 0 Å². The summed E-state index contributed by atoms with van der Waals surface area (Å²) in [5.41, 5.74) is -0.473. The quantitative estimate of drug-likeness (QED) is 0.329. The maximum Gasteiger partial charge on any atom is 0.410 e. The molecule has 0 aromatic heterocycles. The molecule has 1 heterocycles. The number of piperidine rings is 1. The van der Waals surface area contributed by atoms with Crippen molar-refractivity contribution in [3.8, 4) is 11.8 Å². The molecule has 0 aromatic rings. The van der Waals surface area contributed by atoms with Gasteiger partial charge >= 0.3 is 12.1 Å². The smallest absolute Gasteiger partial charge is 0.410 e. The first-order valence-electron chi connectivity index (χ1n) is 8.90. The van der Waals surface area contributed by atoms with Crippen LogP contribution in [0.3, 0.4) is 0 Å². The van der Waals surface area contributed by atoms with E-state index in [9.17, 15) is 14.4 Å². The molecule has 0 aliphatic carbocycles. The molecule has 1 amide bonds. The van der Waals surface area contributed by atoms with Crippen LogP contribution in [0.15, 0.2) is 0 Å². The zero-order chi connectivity index (χ0) is 18.9. The molecule has 0 atom stereocenters. The van der Waals surface area contributed by atoms with Crippen LogP contribution in [0.4, 0.5) is 4.79 Å². The SMILES string of the molecule is CCOC(=O)C#CC(=O)CCCC1CCN(C(=O)OC(C)(C)C)CC1. The number of Topliss-reactive ketones (excluding diaryl/α,β-unsaturated/α-hetero) is 1.